The molecule has 0 unspecified atom stereocenters. The standard InChI is InChI=1S/C16H15N3OS2/c20-16(11-3-6-14-15(10-11)18-22-17-14)19(12-4-5-12)8-7-13-2-1-9-21-13/h1-3,6,9-10,12H,4-5,7-8H2. The van der Waals surface area contributed by atoms with Crippen LogP contribution in [0.2, 0.25) is 0 Å². The summed E-state index contributed by atoms with van der Waals surface area (Å²) in [5.41, 5.74) is 2.39. The molecule has 1 aromatic carbocycles. The minimum Gasteiger partial charge on any atom is -0.335 e. The van der Waals surface area contributed by atoms with Crippen LogP contribution in [0.4, 0.5) is 0 Å². The number of fused-ring (bicyclic) bond motifs is 1. The van der Waals surface area contributed by atoms with E-state index in [9.17, 15) is 4.79 Å². The van der Waals surface area contributed by atoms with Gasteiger partial charge in [-0.2, -0.15) is 8.75 Å². The number of hydrogen-bond acceptors (Lipinski definition) is 5. The van der Waals surface area contributed by atoms with Crippen molar-refractivity contribution in [3.63, 3.8) is 0 Å². The Morgan fingerprint density at radius 2 is 2.09 bits per heavy atom. The number of hydrogen-bond donors (Lipinski definition) is 0. The summed E-state index contributed by atoms with van der Waals surface area (Å²) in [6.45, 7) is 0.789. The van der Waals surface area contributed by atoms with E-state index < -0.39 is 0 Å². The van der Waals surface area contributed by atoms with Gasteiger partial charge in [0.1, 0.15) is 11.0 Å². The Morgan fingerprint density at radius 1 is 1.23 bits per heavy atom. The minimum absolute atomic E-state index is 0.119. The summed E-state index contributed by atoms with van der Waals surface area (Å²) in [4.78, 5) is 16.2. The first-order chi connectivity index (χ1) is 10.8. The smallest absolute Gasteiger partial charge is 0.254 e. The van der Waals surface area contributed by atoms with Crippen molar-refractivity contribution >= 4 is 40.0 Å². The molecule has 112 valence electrons. The molecule has 0 saturated heterocycles. The predicted octanol–water partition coefficient (Wildman–Crippen LogP) is 3.60. The highest BCUT2D eigenvalue weighted by Crippen LogP contribution is 2.29. The average molecular weight is 329 g/mol. The van der Waals surface area contributed by atoms with Crippen molar-refractivity contribution in [2.45, 2.75) is 25.3 Å². The fraction of sp³-hybridized carbons (Fsp3) is 0.312. The molecule has 0 aliphatic heterocycles. The summed E-state index contributed by atoms with van der Waals surface area (Å²) >= 11 is 2.94. The maximum Gasteiger partial charge on any atom is 0.254 e. The van der Waals surface area contributed by atoms with Crippen LogP contribution in [0, 0.1) is 0 Å². The van der Waals surface area contributed by atoms with Crippen LogP contribution in [-0.2, 0) is 6.42 Å². The van der Waals surface area contributed by atoms with Gasteiger partial charge in [-0.15, -0.1) is 11.3 Å². The van der Waals surface area contributed by atoms with Crippen LogP contribution in [0.5, 0.6) is 0 Å². The molecule has 1 amide bonds. The van der Waals surface area contributed by atoms with Crippen molar-refractivity contribution in [1.29, 1.82) is 0 Å². The zero-order valence-corrected chi connectivity index (χ0v) is 13.6. The molecule has 4 nitrogen and oxygen atoms in total. The third-order valence-corrected chi connectivity index (χ3v) is 5.42. The molecule has 0 radical (unpaired) electrons. The number of carbonyl (C=O) groups excluding carboxylic acids is 1. The third-order valence-electron chi connectivity index (χ3n) is 3.93. The van der Waals surface area contributed by atoms with Gasteiger partial charge in [0.2, 0.25) is 0 Å². The number of rotatable bonds is 5. The van der Waals surface area contributed by atoms with Gasteiger partial charge < -0.3 is 4.90 Å². The molecule has 3 aromatic rings. The minimum atomic E-state index is 0.119. The van der Waals surface area contributed by atoms with Gasteiger partial charge in [-0.1, -0.05) is 6.07 Å². The number of amides is 1. The maximum atomic E-state index is 12.8. The summed E-state index contributed by atoms with van der Waals surface area (Å²) in [6.07, 6.45) is 3.17. The van der Waals surface area contributed by atoms with Crippen molar-refractivity contribution in [2.24, 2.45) is 0 Å². The van der Waals surface area contributed by atoms with E-state index in [-0.39, 0.29) is 5.91 Å². The van der Waals surface area contributed by atoms with Crippen LogP contribution >= 0.6 is 23.1 Å². The highest BCUT2D eigenvalue weighted by Gasteiger charge is 2.32. The summed E-state index contributed by atoms with van der Waals surface area (Å²) in [6, 6.07) is 10.2. The van der Waals surface area contributed by atoms with E-state index in [1.807, 2.05) is 23.1 Å². The molecule has 0 spiro atoms. The number of benzene rings is 1. The van der Waals surface area contributed by atoms with Gasteiger partial charge in [0.15, 0.2) is 0 Å². The molecule has 1 aliphatic rings. The molecule has 4 rings (SSSR count). The predicted molar refractivity (Wildman–Crippen MR) is 89.5 cm³/mol. The van der Waals surface area contributed by atoms with Gasteiger partial charge >= 0.3 is 0 Å². The Balaban J connectivity index is 1.54. The first-order valence-electron chi connectivity index (χ1n) is 7.37. The van der Waals surface area contributed by atoms with Crippen molar-refractivity contribution in [3.05, 3.63) is 46.2 Å². The van der Waals surface area contributed by atoms with Gasteiger partial charge in [0.05, 0.1) is 11.7 Å². The van der Waals surface area contributed by atoms with E-state index >= 15 is 0 Å². The number of carbonyl (C=O) groups is 1. The lowest BCUT2D eigenvalue weighted by Crippen LogP contribution is -2.34. The summed E-state index contributed by atoms with van der Waals surface area (Å²) in [5.74, 6) is 0.119. The van der Waals surface area contributed by atoms with E-state index in [1.165, 1.54) is 16.6 Å². The lowest BCUT2D eigenvalue weighted by Gasteiger charge is -2.22. The Bertz CT molecular complexity index is 793. The van der Waals surface area contributed by atoms with Crippen LogP contribution in [0.1, 0.15) is 28.1 Å². The molecule has 0 bridgehead atoms. The van der Waals surface area contributed by atoms with Crippen LogP contribution in [0.15, 0.2) is 35.7 Å². The lowest BCUT2D eigenvalue weighted by molar-refractivity contribution is 0.0745. The SMILES string of the molecule is O=C(c1ccc2nsnc2c1)N(CCc1cccs1)C1CC1. The van der Waals surface area contributed by atoms with E-state index in [2.05, 4.69) is 26.3 Å². The maximum absolute atomic E-state index is 12.8. The number of thiophene rings is 1. The van der Waals surface area contributed by atoms with Crippen molar-refractivity contribution in [3.8, 4) is 0 Å². The normalized spacial score (nSPS) is 14.4. The first-order valence-corrected chi connectivity index (χ1v) is 8.98. The van der Waals surface area contributed by atoms with Gasteiger partial charge in [0, 0.05) is 23.0 Å². The quantitative estimate of drug-likeness (QED) is 0.718. The second-order valence-corrected chi connectivity index (χ2v) is 7.09. The lowest BCUT2D eigenvalue weighted by atomic mass is 10.1. The first kappa shape index (κ1) is 13.8. The van der Waals surface area contributed by atoms with Gasteiger partial charge in [-0.3, -0.25) is 4.79 Å². The Labute approximate surface area is 136 Å². The molecule has 1 saturated carbocycles. The third kappa shape index (κ3) is 2.76. The molecule has 22 heavy (non-hydrogen) atoms. The summed E-state index contributed by atoms with van der Waals surface area (Å²) in [7, 11) is 0. The Hall–Kier alpha value is -1.79. The molecule has 6 heteroatoms. The van der Waals surface area contributed by atoms with Crippen LogP contribution in [0.3, 0.4) is 0 Å². The van der Waals surface area contributed by atoms with Crippen molar-refractivity contribution < 1.29 is 4.79 Å². The summed E-state index contributed by atoms with van der Waals surface area (Å²) < 4.78 is 8.42. The molecular weight excluding hydrogens is 314 g/mol. The summed E-state index contributed by atoms with van der Waals surface area (Å²) in [5, 5.41) is 2.09. The zero-order valence-electron chi connectivity index (χ0n) is 11.9. The molecule has 1 aliphatic carbocycles. The molecule has 2 heterocycles. The molecular formula is C16H15N3OS2. The highest BCUT2D eigenvalue weighted by molar-refractivity contribution is 7.09. The van der Waals surface area contributed by atoms with E-state index in [0.717, 1.165) is 42.4 Å². The van der Waals surface area contributed by atoms with Crippen LogP contribution in [-0.4, -0.2) is 32.1 Å². The van der Waals surface area contributed by atoms with Gasteiger partial charge in [0.25, 0.3) is 5.91 Å². The van der Waals surface area contributed by atoms with Crippen molar-refractivity contribution in [1.82, 2.24) is 13.6 Å². The Morgan fingerprint density at radius 3 is 2.86 bits per heavy atom. The van der Waals surface area contributed by atoms with Crippen LogP contribution in [0.25, 0.3) is 11.0 Å². The largest absolute Gasteiger partial charge is 0.335 e. The van der Waals surface area contributed by atoms with Gasteiger partial charge in [-0.25, -0.2) is 0 Å². The topological polar surface area (TPSA) is 46.1 Å². The number of nitrogens with zero attached hydrogens (tertiary/aromatic N) is 3. The van der Waals surface area contributed by atoms with Crippen LogP contribution < -0.4 is 0 Å². The monoisotopic (exact) mass is 329 g/mol. The Kier molecular flexibility index (Phi) is 3.63. The van der Waals surface area contributed by atoms with E-state index in [1.54, 1.807) is 11.3 Å². The molecule has 0 atom stereocenters. The fourth-order valence-electron chi connectivity index (χ4n) is 2.60. The number of aromatic nitrogens is 2. The zero-order chi connectivity index (χ0) is 14.9. The van der Waals surface area contributed by atoms with E-state index in [0.29, 0.717) is 6.04 Å². The van der Waals surface area contributed by atoms with Gasteiger partial charge in [-0.05, 0) is 48.9 Å². The highest BCUT2D eigenvalue weighted by atomic mass is 32.1. The fourth-order valence-corrected chi connectivity index (χ4v) is 3.82. The molecule has 2 aromatic heterocycles. The van der Waals surface area contributed by atoms with Crippen molar-refractivity contribution in [2.75, 3.05) is 6.54 Å². The molecule has 0 N–H and O–H groups in total. The van der Waals surface area contributed by atoms with E-state index in [4.69, 9.17) is 0 Å². The second-order valence-electron chi connectivity index (χ2n) is 5.53. The molecule has 1 fully saturated rings. The second kappa shape index (κ2) is 5.78. The average Bonchev–Trinajstić information content (AvgIpc) is 3.04.